The van der Waals surface area contributed by atoms with Gasteiger partial charge in [0.1, 0.15) is 0 Å². The molecule has 0 bridgehead atoms. The van der Waals surface area contributed by atoms with E-state index in [0.29, 0.717) is 32.6 Å². The smallest absolute Gasteiger partial charge is 0.223 e. The molecule has 1 aliphatic heterocycles. The van der Waals surface area contributed by atoms with E-state index in [0.717, 1.165) is 24.2 Å². The first-order valence-electron chi connectivity index (χ1n) is 6.99. The SMILES string of the molecule is Cc1nn(C)c(C)c1CCC(=O)N1CCN(C=O)CC1. The summed E-state index contributed by atoms with van der Waals surface area (Å²) in [5.74, 6) is 0.165. The lowest BCUT2D eigenvalue weighted by molar-refractivity contribution is -0.135. The largest absolute Gasteiger partial charge is 0.342 e. The first kappa shape index (κ1) is 14.6. The highest BCUT2D eigenvalue weighted by molar-refractivity contribution is 5.76. The first-order chi connectivity index (χ1) is 9.52. The van der Waals surface area contributed by atoms with Gasteiger partial charge in [-0.05, 0) is 25.8 Å². The highest BCUT2D eigenvalue weighted by atomic mass is 16.2. The lowest BCUT2D eigenvalue weighted by atomic mass is 10.1. The highest BCUT2D eigenvalue weighted by Gasteiger charge is 2.20. The summed E-state index contributed by atoms with van der Waals surface area (Å²) in [5, 5.41) is 4.37. The van der Waals surface area contributed by atoms with Gasteiger partial charge in [-0.15, -0.1) is 0 Å². The molecule has 0 aromatic carbocycles. The van der Waals surface area contributed by atoms with E-state index in [-0.39, 0.29) is 5.91 Å². The van der Waals surface area contributed by atoms with Gasteiger partial charge in [0.25, 0.3) is 0 Å². The molecule has 1 aromatic rings. The zero-order valence-corrected chi connectivity index (χ0v) is 12.4. The summed E-state index contributed by atoms with van der Waals surface area (Å²) < 4.78 is 1.86. The summed E-state index contributed by atoms with van der Waals surface area (Å²) >= 11 is 0. The third-order valence-electron chi connectivity index (χ3n) is 4.06. The van der Waals surface area contributed by atoms with Gasteiger partial charge in [-0.1, -0.05) is 0 Å². The summed E-state index contributed by atoms with van der Waals surface area (Å²) in [5.41, 5.74) is 3.30. The molecule has 0 unspecified atom stereocenters. The third-order valence-corrected chi connectivity index (χ3v) is 4.06. The molecule has 2 rings (SSSR count). The van der Waals surface area contributed by atoms with Crippen LogP contribution >= 0.6 is 0 Å². The molecule has 2 heterocycles. The Morgan fingerprint density at radius 1 is 1.25 bits per heavy atom. The van der Waals surface area contributed by atoms with E-state index in [4.69, 9.17) is 0 Å². The Morgan fingerprint density at radius 2 is 1.90 bits per heavy atom. The van der Waals surface area contributed by atoms with Crippen molar-refractivity contribution in [3.63, 3.8) is 0 Å². The molecular formula is C14H22N4O2. The number of aryl methyl sites for hydroxylation is 2. The summed E-state index contributed by atoms with van der Waals surface area (Å²) in [6, 6.07) is 0. The van der Waals surface area contributed by atoms with Crippen LogP contribution in [0.2, 0.25) is 0 Å². The van der Waals surface area contributed by atoms with Crippen molar-refractivity contribution in [2.24, 2.45) is 7.05 Å². The predicted molar refractivity (Wildman–Crippen MR) is 75.2 cm³/mol. The summed E-state index contributed by atoms with van der Waals surface area (Å²) in [7, 11) is 1.92. The van der Waals surface area contributed by atoms with Crippen molar-refractivity contribution in [1.82, 2.24) is 19.6 Å². The standard InChI is InChI=1S/C14H22N4O2/c1-11-13(12(2)16(3)15-11)4-5-14(20)18-8-6-17(10-19)7-9-18/h10H,4-9H2,1-3H3. The van der Waals surface area contributed by atoms with Gasteiger partial charge >= 0.3 is 0 Å². The average molecular weight is 278 g/mol. The fraction of sp³-hybridized carbons (Fsp3) is 0.643. The number of rotatable bonds is 4. The van der Waals surface area contributed by atoms with Gasteiger partial charge < -0.3 is 9.80 Å². The van der Waals surface area contributed by atoms with Crippen LogP contribution in [0.15, 0.2) is 0 Å². The Kier molecular flexibility index (Phi) is 4.42. The molecule has 6 heteroatoms. The number of hydrogen-bond donors (Lipinski definition) is 0. The van der Waals surface area contributed by atoms with Crippen molar-refractivity contribution < 1.29 is 9.59 Å². The van der Waals surface area contributed by atoms with E-state index in [1.807, 2.05) is 30.5 Å². The van der Waals surface area contributed by atoms with Gasteiger partial charge in [0.05, 0.1) is 5.69 Å². The van der Waals surface area contributed by atoms with E-state index in [1.165, 1.54) is 5.56 Å². The zero-order chi connectivity index (χ0) is 14.7. The molecule has 0 N–H and O–H groups in total. The minimum atomic E-state index is 0.165. The first-order valence-corrected chi connectivity index (χ1v) is 6.99. The summed E-state index contributed by atoms with van der Waals surface area (Å²) in [4.78, 5) is 26.4. The lowest BCUT2D eigenvalue weighted by Crippen LogP contribution is -2.48. The number of carbonyl (C=O) groups excluding carboxylic acids is 2. The van der Waals surface area contributed by atoms with Crippen molar-refractivity contribution in [2.75, 3.05) is 26.2 Å². The molecule has 2 amide bonds. The van der Waals surface area contributed by atoms with E-state index in [1.54, 1.807) is 4.90 Å². The maximum Gasteiger partial charge on any atom is 0.223 e. The molecule has 0 saturated carbocycles. The maximum absolute atomic E-state index is 12.2. The molecule has 0 radical (unpaired) electrons. The number of piperazine rings is 1. The second-order valence-electron chi connectivity index (χ2n) is 5.30. The second kappa shape index (κ2) is 6.07. The second-order valence-corrected chi connectivity index (χ2v) is 5.30. The molecule has 6 nitrogen and oxygen atoms in total. The van der Waals surface area contributed by atoms with Crippen molar-refractivity contribution in [3.05, 3.63) is 17.0 Å². The number of nitrogens with zero attached hydrogens (tertiary/aromatic N) is 4. The minimum Gasteiger partial charge on any atom is -0.342 e. The molecule has 20 heavy (non-hydrogen) atoms. The van der Waals surface area contributed by atoms with Crippen LogP contribution in [0, 0.1) is 13.8 Å². The van der Waals surface area contributed by atoms with Gasteiger partial charge in [0.15, 0.2) is 0 Å². The molecule has 1 aromatic heterocycles. The topological polar surface area (TPSA) is 58.4 Å². The average Bonchev–Trinajstić information content (AvgIpc) is 2.70. The summed E-state index contributed by atoms with van der Waals surface area (Å²) in [6.45, 7) is 6.57. The Labute approximate surface area is 119 Å². The van der Waals surface area contributed by atoms with Gasteiger partial charge in [0.2, 0.25) is 12.3 Å². The number of carbonyl (C=O) groups is 2. The zero-order valence-electron chi connectivity index (χ0n) is 12.4. The Balaban J connectivity index is 1.88. The van der Waals surface area contributed by atoms with E-state index in [9.17, 15) is 9.59 Å². The normalized spacial score (nSPS) is 15.6. The molecular weight excluding hydrogens is 256 g/mol. The van der Waals surface area contributed by atoms with E-state index >= 15 is 0 Å². The number of amides is 2. The Hall–Kier alpha value is -1.85. The lowest BCUT2D eigenvalue weighted by Gasteiger charge is -2.32. The van der Waals surface area contributed by atoms with Crippen molar-refractivity contribution in [1.29, 1.82) is 0 Å². The van der Waals surface area contributed by atoms with E-state index in [2.05, 4.69) is 5.10 Å². The van der Waals surface area contributed by atoms with Crippen LogP contribution in [0.4, 0.5) is 0 Å². The van der Waals surface area contributed by atoms with Gasteiger partial charge in [-0.2, -0.15) is 5.10 Å². The summed E-state index contributed by atoms with van der Waals surface area (Å²) in [6.07, 6.45) is 2.09. The highest BCUT2D eigenvalue weighted by Crippen LogP contribution is 2.15. The van der Waals surface area contributed by atoms with Gasteiger partial charge in [-0.3, -0.25) is 14.3 Å². The fourth-order valence-corrected chi connectivity index (χ4v) is 2.65. The predicted octanol–water partition coefficient (Wildman–Crippen LogP) is 0.270. The van der Waals surface area contributed by atoms with E-state index < -0.39 is 0 Å². The molecule has 0 aliphatic carbocycles. The van der Waals surface area contributed by atoms with Crippen LogP contribution in [0.1, 0.15) is 23.4 Å². The molecule has 0 atom stereocenters. The Morgan fingerprint density at radius 3 is 2.40 bits per heavy atom. The number of aromatic nitrogens is 2. The molecule has 0 spiro atoms. The number of hydrogen-bond acceptors (Lipinski definition) is 3. The van der Waals surface area contributed by atoms with Gasteiger partial charge in [-0.25, -0.2) is 0 Å². The molecule has 1 aliphatic rings. The fourth-order valence-electron chi connectivity index (χ4n) is 2.65. The minimum absolute atomic E-state index is 0.165. The van der Waals surface area contributed by atoms with Crippen LogP contribution in [0.5, 0.6) is 0 Å². The van der Waals surface area contributed by atoms with Gasteiger partial charge in [0, 0.05) is 45.3 Å². The molecule has 1 saturated heterocycles. The molecule has 110 valence electrons. The van der Waals surface area contributed by atoms with Crippen LogP contribution in [0.25, 0.3) is 0 Å². The van der Waals surface area contributed by atoms with Crippen LogP contribution < -0.4 is 0 Å². The van der Waals surface area contributed by atoms with Crippen molar-refractivity contribution in [3.8, 4) is 0 Å². The third kappa shape index (κ3) is 3.00. The monoisotopic (exact) mass is 278 g/mol. The van der Waals surface area contributed by atoms with Crippen LogP contribution in [-0.4, -0.2) is 58.1 Å². The van der Waals surface area contributed by atoms with Crippen molar-refractivity contribution >= 4 is 12.3 Å². The van der Waals surface area contributed by atoms with Crippen LogP contribution in [-0.2, 0) is 23.1 Å². The van der Waals surface area contributed by atoms with Crippen LogP contribution in [0.3, 0.4) is 0 Å². The maximum atomic E-state index is 12.2. The Bertz CT molecular complexity index is 502. The quantitative estimate of drug-likeness (QED) is 0.743. The van der Waals surface area contributed by atoms with Crippen molar-refractivity contribution in [2.45, 2.75) is 26.7 Å². The molecule has 1 fully saturated rings.